The van der Waals surface area contributed by atoms with Gasteiger partial charge in [-0.25, -0.2) is 0 Å². The van der Waals surface area contributed by atoms with Crippen LogP contribution in [0.4, 0.5) is 0 Å². The average Bonchev–Trinajstić information content (AvgIpc) is 2.47. The Balaban J connectivity index is 4.60. The van der Waals surface area contributed by atoms with E-state index >= 15 is 0 Å². The van der Waals surface area contributed by atoms with E-state index in [1.54, 1.807) is 0 Å². The van der Waals surface area contributed by atoms with Gasteiger partial charge in [0.1, 0.15) is 0 Å². The first-order chi connectivity index (χ1) is 10.8. The molecule has 0 fully saturated rings. The molecule has 2 atom stereocenters. The first-order valence-corrected chi connectivity index (χ1v) is 18.2. The van der Waals surface area contributed by atoms with E-state index in [9.17, 15) is 9.59 Å². The predicted molar refractivity (Wildman–Crippen MR) is 96.3 cm³/mol. The van der Waals surface area contributed by atoms with Crippen LogP contribution < -0.4 is 0 Å². The third-order valence-corrected chi connectivity index (χ3v) is 8.48. The quantitative estimate of drug-likeness (QED) is 0.354. The van der Waals surface area contributed by atoms with Gasteiger partial charge in [-0.3, -0.25) is 0 Å². The van der Waals surface area contributed by atoms with Crippen LogP contribution in [0.1, 0.15) is 79.1 Å². The summed E-state index contributed by atoms with van der Waals surface area (Å²) in [5, 5.41) is 0. The number of hydrogen-bond donors (Lipinski definition) is 0. The Morgan fingerprint density at radius 2 is 1.17 bits per heavy atom. The number of carbonyl (C=O) groups excluding carboxylic acids is 2. The van der Waals surface area contributed by atoms with Crippen molar-refractivity contribution in [3.63, 3.8) is 0 Å². The van der Waals surface area contributed by atoms with Crippen LogP contribution in [0.25, 0.3) is 0 Å². The van der Waals surface area contributed by atoms with Crippen LogP contribution in [0.5, 0.6) is 0 Å². The Bertz CT molecular complexity index is 332. The van der Waals surface area contributed by atoms with E-state index in [0.717, 1.165) is 38.5 Å². The molecular formula is C16H30Cl2O4Sn. The molecule has 2 unspecified atom stereocenters. The number of carbonyl (C=O) groups is 2. The van der Waals surface area contributed by atoms with Crippen molar-refractivity contribution in [1.29, 1.82) is 0 Å². The van der Waals surface area contributed by atoms with Crippen LogP contribution in [-0.2, 0) is 15.7 Å². The zero-order valence-electron chi connectivity index (χ0n) is 14.7. The van der Waals surface area contributed by atoms with Gasteiger partial charge in [0.05, 0.1) is 0 Å². The third-order valence-electron chi connectivity index (χ3n) is 3.90. The molecule has 0 aliphatic carbocycles. The molecule has 0 bridgehead atoms. The van der Waals surface area contributed by atoms with Crippen LogP contribution in [0.15, 0.2) is 0 Å². The van der Waals surface area contributed by atoms with Gasteiger partial charge in [-0.1, -0.05) is 0 Å². The van der Waals surface area contributed by atoms with Gasteiger partial charge in [-0.05, 0) is 0 Å². The molecule has 0 spiro atoms. The number of rotatable bonds is 12. The zero-order chi connectivity index (χ0) is 17.9. The minimum absolute atomic E-state index is 0.232. The molecule has 4 nitrogen and oxygen atoms in total. The van der Waals surface area contributed by atoms with E-state index in [1.165, 1.54) is 0 Å². The summed E-state index contributed by atoms with van der Waals surface area (Å²) in [6.45, 7) is 7.97. The number of hydrogen-bond acceptors (Lipinski definition) is 4. The standard InChI is InChI=1S/2C8H16O2.2ClH.Sn/c2*1-3-5-6-7(4-2)8(9)10;;;/h2*7H,3-6H2,1-2H3,(H,9,10);2*1H;/q;;;;+4/p-4. The van der Waals surface area contributed by atoms with Crippen LogP contribution in [0, 0.1) is 11.8 Å². The van der Waals surface area contributed by atoms with Crippen LogP contribution in [0.3, 0.4) is 0 Å². The van der Waals surface area contributed by atoms with E-state index in [1.807, 2.05) is 13.8 Å². The summed E-state index contributed by atoms with van der Waals surface area (Å²) in [5.41, 5.74) is 0. The topological polar surface area (TPSA) is 52.6 Å². The second kappa shape index (κ2) is 12.6. The van der Waals surface area contributed by atoms with Crippen molar-refractivity contribution in [2.45, 2.75) is 79.1 Å². The molecule has 0 N–H and O–H groups in total. The van der Waals surface area contributed by atoms with Crippen LogP contribution in [0.2, 0.25) is 0 Å². The van der Waals surface area contributed by atoms with Crippen molar-refractivity contribution in [2.24, 2.45) is 11.8 Å². The summed E-state index contributed by atoms with van der Waals surface area (Å²) in [6.07, 6.45) is 6.69. The third kappa shape index (κ3) is 10.0. The van der Waals surface area contributed by atoms with Crippen molar-refractivity contribution in [2.75, 3.05) is 0 Å². The molecule has 136 valence electrons. The molecule has 0 rings (SSSR count). The molecule has 0 aromatic rings. The predicted octanol–water partition coefficient (Wildman–Crippen LogP) is 5.42. The molecule has 0 amide bonds. The van der Waals surface area contributed by atoms with E-state index in [-0.39, 0.29) is 11.8 Å². The molecule has 0 heterocycles. The summed E-state index contributed by atoms with van der Waals surface area (Å²) in [5.74, 6) is -1.33. The maximum absolute atomic E-state index is 12.2. The zero-order valence-corrected chi connectivity index (χ0v) is 19.1. The van der Waals surface area contributed by atoms with Gasteiger partial charge >= 0.3 is 153 Å². The fourth-order valence-corrected chi connectivity index (χ4v) is 6.75. The average molecular weight is 476 g/mol. The first-order valence-electron chi connectivity index (χ1n) is 8.64. The van der Waals surface area contributed by atoms with Crippen LogP contribution >= 0.6 is 17.8 Å². The summed E-state index contributed by atoms with van der Waals surface area (Å²) in [7, 11) is 12.2. The van der Waals surface area contributed by atoms with Crippen molar-refractivity contribution in [3.05, 3.63) is 0 Å². The second-order valence-corrected chi connectivity index (χ2v) is 17.6. The normalized spacial score (nSPS) is 14.2. The molecule has 7 heteroatoms. The summed E-state index contributed by atoms with van der Waals surface area (Å²) >= 11 is -4.62. The second-order valence-electron chi connectivity index (χ2n) is 5.80. The SMILES string of the molecule is CCCCC(CC)C(=O)[O][Sn]([Cl])([Cl])[O]C(=O)C(CC)CCCC. The molecule has 0 aromatic carbocycles. The minimum atomic E-state index is -4.62. The monoisotopic (exact) mass is 476 g/mol. The van der Waals surface area contributed by atoms with Gasteiger partial charge in [-0.15, -0.1) is 0 Å². The number of halogens is 2. The van der Waals surface area contributed by atoms with E-state index in [0.29, 0.717) is 12.8 Å². The fraction of sp³-hybridized carbons (Fsp3) is 0.875. The Hall–Kier alpha value is 0.319. The van der Waals surface area contributed by atoms with E-state index in [2.05, 4.69) is 13.8 Å². The Morgan fingerprint density at radius 3 is 1.43 bits per heavy atom. The number of unbranched alkanes of at least 4 members (excludes halogenated alkanes) is 2. The van der Waals surface area contributed by atoms with E-state index < -0.39 is 28.9 Å². The van der Waals surface area contributed by atoms with Crippen molar-refractivity contribution in [3.8, 4) is 0 Å². The van der Waals surface area contributed by atoms with Crippen LogP contribution in [-0.4, -0.2) is 28.9 Å². The van der Waals surface area contributed by atoms with Gasteiger partial charge in [-0.2, -0.15) is 0 Å². The van der Waals surface area contributed by atoms with Gasteiger partial charge in [0.2, 0.25) is 0 Å². The van der Waals surface area contributed by atoms with E-state index in [4.69, 9.17) is 24.0 Å². The first kappa shape index (κ1) is 23.3. The summed E-state index contributed by atoms with van der Waals surface area (Å²) in [4.78, 5) is 24.3. The van der Waals surface area contributed by atoms with Crippen molar-refractivity contribution < 1.29 is 15.7 Å². The van der Waals surface area contributed by atoms with Gasteiger partial charge in [0.25, 0.3) is 0 Å². The van der Waals surface area contributed by atoms with Gasteiger partial charge in [0.15, 0.2) is 0 Å². The molecule has 0 aromatic heterocycles. The van der Waals surface area contributed by atoms with Gasteiger partial charge < -0.3 is 0 Å². The van der Waals surface area contributed by atoms with Crippen molar-refractivity contribution >= 4 is 46.7 Å². The van der Waals surface area contributed by atoms with Gasteiger partial charge in [0, 0.05) is 0 Å². The Kier molecular flexibility index (Phi) is 12.8. The summed E-state index contributed by atoms with van der Waals surface area (Å²) < 4.78 is 10.4. The molecule has 0 aliphatic heterocycles. The molecule has 0 aliphatic rings. The summed E-state index contributed by atoms with van der Waals surface area (Å²) in [6, 6.07) is 0. The molecule has 0 saturated carbocycles. The Morgan fingerprint density at radius 1 is 0.826 bits per heavy atom. The van der Waals surface area contributed by atoms with Crippen molar-refractivity contribution in [1.82, 2.24) is 0 Å². The molecule has 23 heavy (non-hydrogen) atoms. The fourth-order valence-electron chi connectivity index (χ4n) is 2.30. The molecule has 0 saturated heterocycles. The maximum atomic E-state index is 12.2. The molecular weight excluding hydrogens is 446 g/mol. The molecule has 0 radical (unpaired) electrons. The Labute approximate surface area is 153 Å².